The molecule has 0 unspecified atom stereocenters. The van der Waals surface area contributed by atoms with Gasteiger partial charge in [0.05, 0.1) is 11.8 Å². The molecule has 4 aliphatic rings. The van der Waals surface area contributed by atoms with Crippen molar-refractivity contribution in [2.75, 3.05) is 45.7 Å². The first-order valence-corrected chi connectivity index (χ1v) is 11.1. The first-order chi connectivity index (χ1) is 14.5. The SMILES string of the molecule is CN(C)[C@@H]1C[C@@H]2CN(C(=O)c3ccc4c(c3)OCC(=O)N4)C[C@@H]2C[C@H]1OCC1CC1. The van der Waals surface area contributed by atoms with Crippen LogP contribution in [0, 0.1) is 17.8 Å². The molecule has 0 bridgehead atoms. The van der Waals surface area contributed by atoms with Crippen molar-refractivity contribution in [1.82, 2.24) is 9.80 Å². The molecule has 1 aromatic carbocycles. The molecule has 0 radical (unpaired) electrons. The van der Waals surface area contributed by atoms with Crippen LogP contribution in [0.25, 0.3) is 0 Å². The van der Waals surface area contributed by atoms with E-state index in [1.54, 1.807) is 18.2 Å². The second-order valence-electron chi connectivity index (χ2n) is 9.60. The fourth-order valence-electron chi connectivity index (χ4n) is 5.21. The molecule has 2 amide bonds. The number of anilines is 1. The summed E-state index contributed by atoms with van der Waals surface area (Å²) in [6.07, 6.45) is 4.99. The lowest BCUT2D eigenvalue weighted by Gasteiger charge is -2.41. The molecule has 1 aromatic rings. The highest BCUT2D eigenvalue weighted by molar-refractivity contribution is 5.99. The van der Waals surface area contributed by atoms with E-state index in [1.165, 1.54) is 12.8 Å². The average molecular weight is 414 g/mol. The zero-order chi connectivity index (χ0) is 20.8. The number of amides is 2. The van der Waals surface area contributed by atoms with Crippen LogP contribution < -0.4 is 10.1 Å². The smallest absolute Gasteiger partial charge is 0.262 e. The molecule has 7 nitrogen and oxygen atoms in total. The van der Waals surface area contributed by atoms with Gasteiger partial charge in [-0.3, -0.25) is 9.59 Å². The largest absolute Gasteiger partial charge is 0.482 e. The zero-order valence-electron chi connectivity index (χ0n) is 17.8. The first-order valence-electron chi connectivity index (χ1n) is 11.1. The normalized spacial score (nSPS) is 30.5. The lowest BCUT2D eigenvalue weighted by Crippen LogP contribution is -2.48. The Hall–Kier alpha value is -2.12. The number of likely N-dealkylation sites (tertiary alicyclic amines) is 1. The molecule has 2 saturated carbocycles. The van der Waals surface area contributed by atoms with Crippen LogP contribution in [0.3, 0.4) is 0 Å². The maximum Gasteiger partial charge on any atom is 0.262 e. The van der Waals surface area contributed by atoms with E-state index in [0.29, 0.717) is 34.9 Å². The fourth-order valence-corrected chi connectivity index (χ4v) is 5.21. The minimum absolute atomic E-state index is 0.00727. The fraction of sp³-hybridized carbons (Fsp3) is 0.652. The number of ether oxygens (including phenoxy) is 2. The number of hydrogen-bond acceptors (Lipinski definition) is 5. The molecule has 3 fully saturated rings. The summed E-state index contributed by atoms with van der Waals surface area (Å²) in [6, 6.07) is 5.71. The molecule has 2 aliphatic carbocycles. The first kappa shape index (κ1) is 19.8. The van der Waals surface area contributed by atoms with Crippen molar-refractivity contribution >= 4 is 17.5 Å². The summed E-state index contributed by atoms with van der Waals surface area (Å²) < 4.78 is 11.8. The minimum atomic E-state index is -0.168. The van der Waals surface area contributed by atoms with E-state index in [9.17, 15) is 9.59 Å². The maximum atomic E-state index is 13.2. The number of likely N-dealkylation sites (N-methyl/N-ethyl adjacent to an activating group) is 1. The van der Waals surface area contributed by atoms with E-state index in [0.717, 1.165) is 38.5 Å². The van der Waals surface area contributed by atoms with Gasteiger partial charge in [-0.2, -0.15) is 0 Å². The van der Waals surface area contributed by atoms with Crippen molar-refractivity contribution in [3.63, 3.8) is 0 Å². The van der Waals surface area contributed by atoms with E-state index in [2.05, 4.69) is 24.3 Å². The van der Waals surface area contributed by atoms with Crippen LogP contribution in [0.1, 0.15) is 36.0 Å². The number of benzene rings is 1. The van der Waals surface area contributed by atoms with Gasteiger partial charge in [0.25, 0.3) is 11.8 Å². The molecule has 0 spiro atoms. The number of nitrogens with zero attached hydrogens (tertiary/aromatic N) is 2. The van der Waals surface area contributed by atoms with Crippen LogP contribution in [0.5, 0.6) is 5.75 Å². The Labute approximate surface area is 177 Å². The molecule has 162 valence electrons. The highest BCUT2D eigenvalue weighted by Crippen LogP contribution is 2.40. The van der Waals surface area contributed by atoms with Gasteiger partial charge in [-0.25, -0.2) is 0 Å². The summed E-state index contributed by atoms with van der Waals surface area (Å²) in [4.78, 5) is 29.0. The lowest BCUT2D eigenvalue weighted by atomic mass is 9.77. The number of fused-ring (bicyclic) bond motifs is 2. The molecule has 4 atom stereocenters. The van der Waals surface area contributed by atoms with Crippen molar-refractivity contribution in [1.29, 1.82) is 0 Å². The van der Waals surface area contributed by atoms with Crippen LogP contribution in [0.2, 0.25) is 0 Å². The Morgan fingerprint density at radius 3 is 2.73 bits per heavy atom. The number of nitrogens with one attached hydrogen (secondary N) is 1. The van der Waals surface area contributed by atoms with Crippen molar-refractivity contribution in [3.8, 4) is 5.75 Å². The lowest BCUT2D eigenvalue weighted by molar-refractivity contribution is -0.118. The van der Waals surface area contributed by atoms with Crippen LogP contribution in [0.15, 0.2) is 18.2 Å². The van der Waals surface area contributed by atoms with Gasteiger partial charge < -0.3 is 24.6 Å². The maximum absolute atomic E-state index is 13.2. The number of rotatable bonds is 5. The van der Waals surface area contributed by atoms with E-state index in [1.807, 2.05) is 4.90 Å². The van der Waals surface area contributed by atoms with Crippen molar-refractivity contribution in [3.05, 3.63) is 23.8 Å². The summed E-state index contributed by atoms with van der Waals surface area (Å²) in [5, 5.41) is 2.77. The van der Waals surface area contributed by atoms with Gasteiger partial charge in [0.15, 0.2) is 6.61 Å². The molecule has 1 N–H and O–H groups in total. The Balaban J connectivity index is 1.26. The Kier molecular flexibility index (Phi) is 5.19. The van der Waals surface area contributed by atoms with E-state index in [-0.39, 0.29) is 24.5 Å². The van der Waals surface area contributed by atoms with E-state index >= 15 is 0 Å². The van der Waals surface area contributed by atoms with Crippen LogP contribution in [-0.2, 0) is 9.53 Å². The molecule has 2 aliphatic heterocycles. The molecular formula is C23H31N3O4. The third-order valence-electron chi connectivity index (χ3n) is 7.14. The molecule has 1 saturated heterocycles. The molecule has 2 heterocycles. The molecule has 7 heteroatoms. The van der Waals surface area contributed by atoms with E-state index < -0.39 is 0 Å². The van der Waals surface area contributed by atoms with Crippen LogP contribution >= 0.6 is 0 Å². The van der Waals surface area contributed by atoms with Crippen LogP contribution in [0.4, 0.5) is 5.69 Å². The second-order valence-corrected chi connectivity index (χ2v) is 9.60. The third-order valence-corrected chi connectivity index (χ3v) is 7.14. The molecule has 5 rings (SSSR count). The standard InChI is InChI=1S/C23H31N3O4/c1-25(2)19-7-16-10-26(11-17(16)9-21(19)29-12-14-3-4-14)23(28)15-5-6-18-20(8-15)30-13-22(27)24-18/h5-6,8,14,16-17,19,21H,3-4,7,9-13H2,1-2H3,(H,24,27)/t16-,17+,19-,21-/m1/s1. The molecule has 0 aromatic heterocycles. The zero-order valence-corrected chi connectivity index (χ0v) is 17.8. The van der Waals surface area contributed by atoms with Crippen LogP contribution in [-0.4, -0.2) is 74.2 Å². The summed E-state index contributed by atoms with van der Waals surface area (Å²) in [5.41, 5.74) is 1.25. The quantitative estimate of drug-likeness (QED) is 0.802. The Morgan fingerprint density at radius 2 is 2.00 bits per heavy atom. The predicted molar refractivity (Wildman–Crippen MR) is 113 cm³/mol. The van der Waals surface area contributed by atoms with Crippen molar-refractivity contribution < 1.29 is 19.1 Å². The van der Waals surface area contributed by atoms with Gasteiger partial charge in [0.2, 0.25) is 0 Å². The van der Waals surface area contributed by atoms with Gasteiger partial charge in [0, 0.05) is 31.3 Å². The van der Waals surface area contributed by atoms with Crippen molar-refractivity contribution in [2.45, 2.75) is 37.8 Å². The van der Waals surface area contributed by atoms with Gasteiger partial charge >= 0.3 is 0 Å². The number of carbonyl (C=O) groups is 2. The monoisotopic (exact) mass is 413 g/mol. The molecule has 30 heavy (non-hydrogen) atoms. The molecular weight excluding hydrogens is 382 g/mol. The van der Waals surface area contributed by atoms with Gasteiger partial charge in [-0.1, -0.05) is 0 Å². The second kappa shape index (κ2) is 7.85. The van der Waals surface area contributed by atoms with Gasteiger partial charge in [-0.05, 0) is 75.7 Å². The highest BCUT2D eigenvalue weighted by Gasteiger charge is 2.45. The van der Waals surface area contributed by atoms with Gasteiger partial charge in [-0.15, -0.1) is 0 Å². The average Bonchev–Trinajstić information content (AvgIpc) is 3.47. The predicted octanol–water partition coefficient (Wildman–Crippen LogP) is 2.22. The Bertz CT molecular complexity index is 838. The van der Waals surface area contributed by atoms with Gasteiger partial charge in [0.1, 0.15) is 5.75 Å². The minimum Gasteiger partial charge on any atom is -0.482 e. The summed E-state index contributed by atoms with van der Waals surface area (Å²) in [5.74, 6) is 2.24. The summed E-state index contributed by atoms with van der Waals surface area (Å²) >= 11 is 0. The summed E-state index contributed by atoms with van der Waals surface area (Å²) in [6.45, 7) is 2.48. The third kappa shape index (κ3) is 3.93. The van der Waals surface area contributed by atoms with Crippen molar-refractivity contribution in [2.24, 2.45) is 17.8 Å². The Morgan fingerprint density at radius 1 is 1.23 bits per heavy atom. The van der Waals surface area contributed by atoms with E-state index in [4.69, 9.17) is 9.47 Å². The number of carbonyl (C=O) groups excluding carboxylic acids is 2. The highest BCUT2D eigenvalue weighted by atomic mass is 16.5. The topological polar surface area (TPSA) is 71.1 Å². The number of hydrogen-bond donors (Lipinski definition) is 1. The summed E-state index contributed by atoms with van der Waals surface area (Å²) in [7, 11) is 4.28.